The molecule has 0 aromatic rings. The Hall–Kier alpha value is 0.290. The molecule has 0 aromatic carbocycles. The van der Waals surface area contributed by atoms with Crippen LogP contribution in [0.4, 0.5) is 0 Å². The number of halogens is 1. The van der Waals surface area contributed by atoms with Crippen LogP contribution in [0.3, 0.4) is 0 Å². The fourth-order valence-corrected chi connectivity index (χ4v) is 3.56. The zero-order chi connectivity index (χ0) is 15.8. The summed E-state index contributed by atoms with van der Waals surface area (Å²) in [4.78, 5) is 0.119. The van der Waals surface area contributed by atoms with E-state index in [0.717, 1.165) is 0 Å². The van der Waals surface area contributed by atoms with Gasteiger partial charge in [0.2, 0.25) is 0 Å². The molecule has 0 aromatic heterocycles. The molecule has 0 unspecified atom stereocenters. The monoisotopic (exact) mass is 316 g/mol. The summed E-state index contributed by atoms with van der Waals surface area (Å²) in [6.07, 6.45) is 21.4. The van der Waals surface area contributed by atoms with Gasteiger partial charge in [0.1, 0.15) is 0 Å². The van der Waals surface area contributed by atoms with Crippen LogP contribution < -0.4 is 0 Å². The minimum atomic E-state index is 0.119. The van der Waals surface area contributed by atoms with Gasteiger partial charge in [0.25, 0.3) is 0 Å². The average molecular weight is 317 g/mol. The molecule has 0 nitrogen and oxygen atoms in total. The lowest BCUT2D eigenvalue weighted by Gasteiger charge is -2.27. The molecule has 0 N–H and O–H groups in total. The van der Waals surface area contributed by atoms with E-state index in [9.17, 15) is 0 Å². The maximum absolute atomic E-state index is 6.97. The Balaban J connectivity index is 3.85. The second-order valence-corrected chi connectivity index (χ2v) is 7.74. The lowest BCUT2D eigenvalue weighted by molar-refractivity contribution is 0.401. The van der Waals surface area contributed by atoms with Crippen LogP contribution >= 0.6 is 11.6 Å². The molecule has 0 aliphatic heterocycles. The van der Waals surface area contributed by atoms with Gasteiger partial charge in [-0.25, -0.2) is 0 Å². The Morgan fingerprint density at radius 1 is 0.476 bits per heavy atom. The van der Waals surface area contributed by atoms with Gasteiger partial charge in [-0.05, 0) is 19.3 Å². The molecule has 1 heteroatoms. The molecule has 0 aliphatic carbocycles. The van der Waals surface area contributed by atoms with E-state index in [-0.39, 0.29) is 4.87 Å². The first-order chi connectivity index (χ1) is 10.2. The molecule has 21 heavy (non-hydrogen) atoms. The fraction of sp³-hybridized carbons (Fsp3) is 1.00. The van der Waals surface area contributed by atoms with E-state index in [1.807, 2.05) is 0 Å². The lowest BCUT2D eigenvalue weighted by Crippen LogP contribution is -2.21. The average Bonchev–Trinajstić information content (AvgIpc) is 2.47. The van der Waals surface area contributed by atoms with Crippen molar-refractivity contribution < 1.29 is 0 Å². The van der Waals surface area contributed by atoms with Crippen LogP contribution in [0.15, 0.2) is 0 Å². The van der Waals surface area contributed by atoms with E-state index in [1.165, 1.54) is 103 Å². The van der Waals surface area contributed by atoms with Crippen molar-refractivity contribution in [2.75, 3.05) is 0 Å². The molecule has 0 aliphatic rings. The van der Waals surface area contributed by atoms with Gasteiger partial charge >= 0.3 is 0 Å². The second-order valence-electron chi connectivity index (χ2n) is 6.94. The summed E-state index contributed by atoms with van der Waals surface area (Å²) < 4.78 is 0. The molecule has 0 bridgehead atoms. The van der Waals surface area contributed by atoms with Gasteiger partial charge in [-0.1, -0.05) is 104 Å². The predicted molar refractivity (Wildman–Crippen MR) is 99.5 cm³/mol. The summed E-state index contributed by atoms with van der Waals surface area (Å²) in [5.74, 6) is 0. The summed E-state index contributed by atoms with van der Waals surface area (Å²) in [6.45, 7) is 6.85. The van der Waals surface area contributed by atoms with E-state index in [4.69, 9.17) is 11.6 Å². The minimum absolute atomic E-state index is 0.119. The van der Waals surface area contributed by atoms with Crippen molar-refractivity contribution in [3.8, 4) is 0 Å². The molecule has 0 saturated heterocycles. The molecule has 0 amide bonds. The standard InChI is InChI=1S/C20H41Cl/c1-4-7-10-11-12-13-16-19-20(21,17-14-8-5-2)18-15-9-6-3/h4-19H2,1-3H3. The van der Waals surface area contributed by atoms with Crippen LogP contribution in [0.25, 0.3) is 0 Å². The molecule has 0 atom stereocenters. The van der Waals surface area contributed by atoms with Crippen molar-refractivity contribution >= 4 is 11.6 Å². The zero-order valence-electron chi connectivity index (χ0n) is 15.2. The van der Waals surface area contributed by atoms with Crippen molar-refractivity contribution in [3.05, 3.63) is 0 Å². The number of alkyl halides is 1. The molecular weight excluding hydrogens is 276 g/mol. The van der Waals surface area contributed by atoms with Crippen LogP contribution in [0.2, 0.25) is 0 Å². The topological polar surface area (TPSA) is 0 Å². The van der Waals surface area contributed by atoms with Crippen LogP contribution in [0.5, 0.6) is 0 Å². The van der Waals surface area contributed by atoms with Gasteiger partial charge in [-0.2, -0.15) is 0 Å². The lowest BCUT2D eigenvalue weighted by atomic mass is 9.89. The SMILES string of the molecule is CCCCCCCCCC(Cl)(CCCCC)CCCCC. The highest BCUT2D eigenvalue weighted by molar-refractivity contribution is 6.23. The third-order valence-electron chi connectivity index (χ3n) is 4.69. The summed E-state index contributed by atoms with van der Waals surface area (Å²) in [5, 5.41) is 0. The van der Waals surface area contributed by atoms with Crippen molar-refractivity contribution in [1.82, 2.24) is 0 Å². The second kappa shape index (κ2) is 15.2. The Morgan fingerprint density at radius 2 is 0.762 bits per heavy atom. The van der Waals surface area contributed by atoms with E-state index < -0.39 is 0 Å². The van der Waals surface area contributed by atoms with E-state index >= 15 is 0 Å². The molecule has 128 valence electrons. The molecule has 0 fully saturated rings. The predicted octanol–water partition coefficient (Wildman–Crippen LogP) is 8.27. The quantitative estimate of drug-likeness (QED) is 0.198. The highest BCUT2D eigenvalue weighted by atomic mass is 35.5. The molecule has 0 saturated carbocycles. The summed E-state index contributed by atoms with van der Waals surface area (Å²) in [6, 6.07) is 0. The van der Waals surface area contributed by atoms with E-state index in [2.05, 4.69) is 20.8 Å². The number of hydrogen-bond donors (Lipinski definition) is 0. The highest BCUT2D eigenvalue weighted by Crippen LogP contribution is 2.34. The molecule has 0 rings (SSSR count). The van der Waals surface area contributed by atoms with Crippen LogP contribution in [-0.2, 0) is 0 Å². The molecule has 0 spiro atoms. The van der Waals surface area contributed by atoms with Gasteiger partial charge in [-0.15, -0.1) is 11.6 Å². The van der Waals surface area contributed by atoms with Gasteiger partial charge < -0.3 is 0 Å². The normalized spacial score (nSPS) is 12.0. The van der Waals surface area contributed by atoms with Crippen molar-refractivity contribution in [1.29, 1.82) is 0 Å². The van der Waals surface area contributed by atoms with Gasteiger partial charge in [0, 0.05) is 4.87 Å². The van der Waals surface area contributed by atoms with Crippen molar-refractivity contribution in [3.63, 3.8) is 0 Å². The summed E-state index contributed by atoms with van der Waals surface area (Å²) in [7, 11) is 0. The van der Waals surface area contributed by atoms with E-state index in [0.29, 0.717) is 0 Å². The number of hydrogen-bond acceptors (Lipinski definition) is 0. The fourth-order valence-electron chi connectivity index (χ4n) is 3.16. The Labute approximate surface area is 140 Å². The summed E-state index contributed by atoms with van der Waals surface area (Å²) >= 11 is 6.97. The maximum Gasteiger partial charge on any atom is 0.0446 e. The number of unbranched alkanes of at least 4 members (excludes halogenated alkanes) is 10. The first-order valence-corrected chi connectivity index (χ1v) is 10.2. The van der Waals surface area contributed by atoms with Crippen LogP contribution in [-0.4, -0.2) is 4.87 Å². The van der Waals surface area contributed by atoms with Crippen molar-refractivity contribution in [2.45, 2.75) is 128 Å². The third kappa shape index (κ3) is 13.7. The largest absolute Gasteiger partial charge is 0.119 e. The first-order valence-electron chi connectivity index (χ1n) is 9.87. The number of rotatable bonds is 16. The first kappa shape index (κ1) is 21.3. The van der Waals surface area contributed by atoms with Crippen molar-refractivity contribution in [2.24, 2.45) is 0 Å². The van der Waals surface area contributed by atoms with Crippen LogP contribution in [0, 0.1) is 0 Å². The Bertz CT molecular complexity index is 190. The van der Waals surface area contributed by atoms with Gasteiger partial charge in [0.05, 0.1) is 0 Å². The molecule has 0 radical (unpaired) electrons. The minimum Gasteiger partial charge on any atom is -0.119 e. The third-order valence-corrected chi connectivity index (χ3v) is 5.25. The smallest absolute Gasteiger partial charge is 0.0446 e. The molecule has 0 heterocycles. The van der Waals surface area contributed by atoms with E-state index in [1.54, 1.807) is 0 Å². The molecular formula is C20H41Cl. The van der Waals surface area contributed by atoms with Gasteiger partial charge in [-0.3, -0.25) is 0 Å². The Kier molecular flexibility index (Phi) is 15.4. The zero-order valence-corrected chi connectivity index (χ0v) is 15.9. The highest BCUT2D eigenvalue weighted by Gasteiger charge is 2.25. The summed E-state index contributed by atoms with van der Waals surface area (Å²) in [5.41, 5.74) is 0. The van der Waals surface area contributed by atoms with Crippen LogP contribution in [0.1, 0.15) is 124 Å². The maximum atomic E-state index is 6.97. The van der Waals surface area contributed by atoms with Gasteiger partial charge in [0.15, 0.2) is 0 Å². The Morgan fingerprint density at radius 3 is 1.19 bits per heavy atom.